The van der Waals surface area contributed by atoms with Gasteiger partial charge in [-0.1, -0.05) is 49.1 Å². The summed E-state index contributed by atoms with van der Waals surface area (Å²) >= 11 is 0. The second-order valence-electron chi connectivity index (χ2n) is 5.29. The number of hydrogen-bond donors (Lipinski definition) is 0. The second-order valence-corrected chi connectivity index (χ2v) is 5.29. The molecule has 1 heterocycles. The molecule has 2 aromatic carbocycles. The zero-order chi connectivity index (χ0) is 16.4. The van der Waals surface area contributed by atoms with Crippen molar-refractivity contribution in [2.45, 2.75) is 6.92 Å². The second kappa shape index (κ2) is 6.21. The Morgan fingerprint density at radius 2 is 1.57 bits per heavy atom. The van der Waals surface area contributed by atoms with Crippen LogP contribution in [-0.2, 0) is 0 Å². The van der Waals surface area contributed by atoms with E-state index in [0.29, 0.717) is 17.9 Å². The molecule has 0 N–H and O–H groups in total. The summed E-state index contributed by atoms with van der Waals surface area (Å²) in [6.07, 6.45) is 3.74. The Morgan fingerprint density at radius 3 is 2.17 bits per heavy atom. The molecule has 1 aliphatic heterocycles. The minimum absolute atomic E-state index is 0.0151. The minimum atomic E-state index is -0.574. The fourth-order valence-corrected chi connectivity index (χ4v) is 2.84. The number of rotatable bonds is 3. The van der Waals surface area contributed by atoms with Gasteiger partial charge < -0.3 is 4.90 Å². The first-order chi connectivity index (χ1) is 11.1. The van der Waals surface area contributed by atoms with Crippen LogP contribution >= 0.6 is 0 Å². The van der Waals surface area contributed by atoms with Crippen molar-refractivity contribution >= 4 is 11.3 Å². The maximum atomic E-state index is 14.4. The van der Waals surface area contributed by atoms with Gasteiger partial charge in [-0.2, -0.15) is 0 Å². The van der Waals surface area contributed by atoms with Gasteiger partial charge in [0.15, 0.2) is 0 Å². The molecule has 0 saturated carbocycles. The van der Waals surface area contributed by atoms with Gasteiger partial charge in [-0.3, -0.25) is 0 Å². The minimum Gasteiger partial charge on any atom is -0.341 e. The van der Waals surface area contributed by atoms with Crippen LogP contribution in [0.15, 0.2) is 73.0 Å². The molecule has 0 unspecified atom stereocenters. The molecular formula is C20H17F2N. The molecule has 116 valence electrons. The van der Waals surface area contributed by atoms with E-state index in [2.05, 4.69) is 6.58 Å². The van der Waals surface area contributed by atoms with Gasteiger partial charge in [0.25, 0.3) is 0 Å². The zero-order valence-electron chi connectivity index (χ0n) is 12.9. The van der Waals surface area contributed by atoms with E-state index in [4.69, 9.17) is 0 Å². The molecule has 1 aliphatic rings. The van der Waals surface area contributed by atoms with E-state index in [9.17, 15) is 8.78 Å². The highest BCUT2D eigenvalue weighted by Gasteiger charge is 2.25. The molecule has 3 heteroatoms. The van der Waals surface area contributed by atoms with Crippen molar-refractivity contribution in [3.05, 3.63) is 95.7 Å². The Labute approximate surface area is 134 Å². The predicted octanol–water partition coefficient (Wildman–Crippen LogP) is 5.24. The topological polar surface area (TPSA) is 3.24 Å². The number of allylic oxidation sites excluding steroid dienone is 3. The van der Waals surface area contributed by atoms with Gasteiger partial charge in [0.1, 0.15) is 11.6 Å². The molecule has 0 amide bonds. The maximum absolute atomic E-state index is 14.4. The molecule has 0 fully saturated rings. The number of likely N-dealkylation sites (N-methyl/N-ethyl adjacent to an activating group) is 1. The van der Waals surface area contributed by atoms with Gasteiger partial charge >= 0.3 is 0 Å². The quantitative estimate of drug-likeness (QED) is 0.749. The normalized spacial score (nSPS) is 14.6. The largest absolute Gasteiger partial charge is 0.341 e. The molecule has 0 radical (unpaired) electrons. The number of hydrogen-bond acceptors (Lipinski definition) is 1. The molecule has 0 bridgehead atoms. The highest BCUT2D eigenvalue weighted by Crippen LogP contribution is 2.38. The van der Waals surface area contributed by atoms with Crippen molar-refractivity contribution in [2.75, 3.05) is 6.54 Å². The summed E-state index contributed by atoms with van der Waals surface area (Å²) in [5.41, 5.74) is 2.90. The van der Waals surface area contributed by atoms with Gasteiger partial charge in [-0.25, -0.2) is 8.78 Å². The average Bonchev–Trinajstić information content (AvgIpc) is 2.56. The van der Waals surface area contributed by atoms with Crippen LogP contribution in [0.3, 0.4) is 0 Å². The summed E-state index contributed by atoms with van der Waals surface area (Å²) in [7, 11) is 0. The van der Waals surface area contributed by atoms with Crippen LogP contribution in [0.2, 0.25) is 0 Å². The van der Waals surface area contributed by atoms with Crippen LogP contribution in [-0.4, -0.2) is 11.4 Å². The molecule has 2 aromatic rings. The van der Waals surface area contributed by atoms with Crippen molar-refractivity contribution < 1.29 is 8.78 Å². The standard InChI is InChI=1S/C20H17F2N/c1-3-23-14(2)12-13-16(15-8-5-4-6-9-15)20(23)19-17(21)10-7-11-18(19)22/h4-13H,2-3H2,1H3. The summed E-state index contributed by atoms with van der Waals surface area (Å²) in [6, 6.07) is 13.5. The highest BCUT2D eigenvalue weighted by atomic mass is 19.1. The third-order valence-electron chi connectivity index (χ3n) is 3.91. The number of nitrogens with zero attached hydrogens (tertiary/aromatic N) is 1. The summed E-state index contributed by atoms with van der Waals surface area (Å²) in [5, 5.41) is 0. The third kappa shape index (κ3) is 2.70. The van der Waals surface area contributed by atoms with Gasteiger partial charge in [0.05, 0.1) is 11.3 Å². The van der Waals surface area contributed by atoms with E-state index in [1.165, 1.54) is 18.2 Å². The Hall–Kier alpha value is -2.68. The Kier molecular flexibility index (Phi) is 4.11. The number of benzene rings is 2. The molecule has 0 spiro atoms. The van der Waals surface area contributed by atoms with Crippen LogP contribution in [0.4, 0.5) is 8.78 Å². The monoisotopic (exact) mass is 309 g/mol. The highest BCUT2D eigenvalue weighted by molar-refractivity contribution is 5.97. The average molecular weight is 309 g/mol. The Balaban J connectivity index is 2.33. The molecule has 0 aliphatic carbocycles. The SMILES string of the molecule is C=C1C=CC(c2ccccc2)=C(c2c(F)cccc2F)N1CC. The molecule has 0 aromatic heterocycles. The maximum Gasteiger partial charge on any atom is 0.135 e. The van der Waals surface area contributed by atoms with Gasteiger partial charge in [-0.05, 0) is 30.7 Å². The smallest absolute Gasteiger partial charge is 0.135 e. The lowest BCUT2D eigenvalue weighted by Crippen LogP contribution is -2.24. The van der Waals surface area contributed by atoms with E-state index >= 15 is 0 Å². The van der Waals surface area contributed by atoms with Crippen LogP contribution < -0.4 is 0 Å². The molecule has 0 atom stereocenters. The van der Waals surface area contributed by atoms with Gasteiger partial charge in [0.2, 0.25) is 0 Å². The van der Waals surface area contributed by atoms with Crippen LogP contribution in [0.1, 0.15) is 18.1 Å². The van der Waals surface area contributed by atoms with Crippen LogP contribution in [0.25, 0.3) is 11.3 Å². The molecule has 3 rings (SSSR count). The third-order valence-corrected chi connectivity index (χ3v) is 3.91. The predicted molar refractivity (Wildman–Crippen MR) is 90.3 cm³/mol. The van der Waals surface area contributed by atoms with Crippen molar-refractivity contribution in [3.8, 4) is 0 Å². The van der Waals surface area contributed by atoms with Gasteiger partial charge in [-0.15, -0.1) is 0 Å². The Morgan fingerprint density at radius 1 is 0.913 bits per heavy atom. The molecule has 1 nitrogen and oxygen atoms in total. The lowest BCUT2D eigenvalue weighted by atomic mass is 9.94. The summed E-state index contributed by atoms with van der Waals surface area (Å²) in [5.74, 6) is -1.15. The summed E-state index contributed by atoms with van der Waals surface area (Å²) in [6.45, 7) is 6.50. The Bertz CT molecular complexity index is 783. The van der Waals surface area contributed by atoms with E-state index in [0.717, 1.165) is 11.1 Å². The molecular weight excluding hydrogens is 292 g/mol. The van der Waals surface area contributed by atoms with Crippen molar-refractivity contribution in [2.24, 2.45) is 0 Å². The fraction of sp³-hybridized carbons (Fsp3) is 0.100. The van der Waals surface area contributed by atoms with Gasteiger partial charge in [0, 0.05) is 17.8 Å². The van der Waals surface area contributed by atoms with E-state index in [-0.39, 0.29) is 5.56 Å². The van der Waals surface area contributed by atoms with Crippen LogP contribution in [0, 0.1) is 11.6 Å². The molecule has 23 heavy (non-hydrogen) atoms. The van der Waals surface area contributed by atoms with Crippen molar-refractivity contribution in [3.63, 3.8) is 0 Å². The van der Waals surface area contributed by atoms with Crippen molar-refractivity contribution in [1.29, 1.82) is 0 Å². The fourth-order valence-electron chi connectivity index (χ4n) is 2.84. The van der Waals surface area contributed by atoms with E-state index < -0.39 is 11.6 Å². The lowest BCUT2D eigenvalue weighted by Gasteiger charge is -2.32. The van der Waals surface area contributed by atoms with E-state index in [1.807, 2.05) is 54.3 Å². The first kappa shape index (κ1) is 15.2. The lowest BCUT2D eigenvalue weighted by molar-refractivity contribution is 0.510. The van der Waals surface area contributed by atoms with Crippen molar-refractivity contribution in [1.82, 2.24) is 4.90 Å². The first-order valence-corrected chi connectivity index (χ1v) is 7.52. The summed E-state index contributed by atoms with van der Waals surface area (Å²) in [4.78, 5) is 1.84. The van der Waals surface area contributed by atoms with Crippen LogP contribution in [0.5, 0.6) is 0 Å². The zero-order valence-corrected chi connectivity index (χ0v) is 12.9. The number of halogens is 2. The molecule has 0 saturated heterocycles. The van der Waals surface area contributed by atoms with E-state index in [1.54, 1.807) is 0 Å². The summed E-state index contributed by atoms with van der Waals surface area (Å²) < 4.78 is 28.8. The first-order valence-electron chi connectivity index (χ1n) is 7.52.